The smallest absolute Gasteiger partial charge is 0.260 e. The number of hydrogen-bond donors (Lipinski definition) is 0. The van der Waals surface area contributed by atoms with Crippen LogP contribution in [0, 0.1) is 19.8 Å². The normalized spacial score (nSPS) is 25.1. The van der Waals surface area contributed by atoms with E-state index < -0.39 is 0 Å². The standard InChI is InChI=1S/C18H26N2O2/c1-13-4-7-17(8-14(13)2)22-12-18(21)20-10-15-5-6-16(11-20)19(3)9-15/h4,7-8,15-16H,5-6,9-12H2,1-3H3/t15-,16-/m1/s1. The van der Waals surface area contributed by atoms with E-state index in [1.54, 1.807) is 0 Å². The predicted molar refractivity (Wildman–Crippen MR) is 87.1 cm³/mol. The van der Waals surface area contributed by atoms with Gasteiger partial charge in [0.05, 0.1) is 0 Å². The van der Waals surface area contributed by atoms with Crippen LogP contribution >= 0.6 is 0 Å². The highest BCUT2D eigenvalue weighted by molar-refractivity contribution is 5.78. The molecule has 4 heteroatoms. The molecule has 2 bridgehead atoms. The molecular formula is C18H26N2O2. The van der Waals surface area contributed by atoms with Crippen molar-refractivity contribution in [3.05, 3.63) is 29.3 Å². The van der Waals surface area contributed by atoms with E-state index in [2.05, 4.69) is 25.8 Å². The van der Waals surface area contributed by atoms with E-state index in [-0.39, 0.29) is 12.5 Å². The first-order valence-electron chi connectivity index (χ1n) is 8.21. The number of aryl methyl sites for hydroxylation is 2. The number of piperidine rings is 1. The largest absolute Gasteiger partial charge is 0.484 e. The van der Waals surface area contributed by atoms with E-state index in [1.165, 1.54) is 24.0 Å². The summed E-state index contributed by atoms with van der Waals surface area (Å²) in [5, 5.41) is 0. The van der Waals surface area contributed by atoms with Gasteiger partial charge in [0.2, 0.25) is 0 Å². The number of amides is 1. The lowest BCUT2D eigenvalue weighted by Crippen LogP contribution is -2.42. The summed E-state index contributed by atoms with van der Waals surface area (Å²) in [4.78, 5) is 16.9. The third-order valence-electron chi connectivity index (χ3n) is 5.18. The molecule has 3 saturated heterocycles. The molecule has 2 atom stereocenters. The van der Waals surface area contributed by atoms with Gasteiger partial charge in [0.15, 0.2) is 6.61 Å². The molecule has 22 heavy (non-hydrogen) atoms. The van der Waals surface area contributed by atoms with Gasteiger partial charge in [0.1, 0.15) is 5.75 Å². The number of carbonyl (C=O) groups is 1. The average molecular weight is 302 g/mol. The second-order valence-electron chi connectivity index (χ2n) is 6.87. The van der Waals surface area contributed by atoms with E-state index in [4.69, 9.17) is 4.74 Å². The van der Waals surface area contributed by atoms with Crippen molar-refractivity contribution in [3.63, 3.8) is 0 Å². The molecular weight excluding hydrogens is 276 g/mol. The average Bonchev–Trinajstić information content (AvgIpc) is 2.79. The molecule has 3 heterocycles. The molecule has 120 valence electrons. The Morgan fingerprint density at radius 1 is 1.18 bits per heavy atom. The molecule has 0 spiro atoms. The molecule has 4 rings (SSSR count). The molecule has 1 aromatic rings. The molecule has 3 aliphatic heterocycles. The first kappa shape index (κ1) is 15.3. The topological polar surface area (TPSA) is 32.8 Å². The van der Waals surface area contributed by atoms with Gasteiger partial charge >= 0.3 is 0 Å². The number of benzene rings is 1. The van der Waals surface area contributed by atoms with Gasteiger partial charge < -0.3 is 14.5 Å². The van der Waals surface area contributed by atoms with E-state index in [0.29, 0.717) is 12.0 Å². The summed E-state index contributed by atoms with van der Waals surface area (Å²) in [5.41, 5.74) is 2.44. The van der Waals surface area contributed by atoms with Crippen LogP contribution in [0.5, 0.6) is 5.75 Å². The van der Waals surface area contributed by atoms with Gasteiger partial charge in [-0.3, -0.25) is 4.79 Å². The molecule has 3 fully saturated rings. The molecule has 1 aromatic carbocycles. The van der Waals surface area contributed by atoms with Gasteiger partial charge in [0, 0.05) is 25.7 Å². The van der Waals surface area contributed by atoms with Crippen molar-refractivity contribution in [2.45, 2.75) is 32.7 Å². The highest BCUT2D eigenvalue weighted by Crippen LogP contribution is 2.26. The number of carbonyl (C=O) groups excluding carboxylic acids is 1. The molecule has 0 radical (unpaired) electrons. The van der Waals surface area contributed by atoms with Crippen LogP contribution in [0.15, 0.2) is 18.2 Å². The summed E-state index contributed by atoms with van der Waals surface area (Å²) >= 11 is 0. The maximum atomic E-state index is 12.5. The van der Waals surface area contributed by atoms with Gasteiger partial charge in [-0.05, 0) is 62.9 Å². The summed E-state index contributed by atoms with van der Waals surface area (Å²) in [7, 11) is 2.18. The Labute approximate surface area is 133 Å². The van der Waals surface area contributed by atoms with E-state index >= 15 is 0 Å². The molecule has 0 aliphatic carbocycles. The SMILES string of the molecule is Cc1ccc(OCC(=O)N2C[C@@H]3CC[C@H](C2)N(C)C3)cc1C. The van der Waals surface area contributed by atoms with Crippen LogP contribution in [0.25, 0.3) is 0 Å². The highest BCUT2D eigenvalue weighted by Gasteiger charge is 2.34. The van der Waals surface area contributed by atoms with E-state index in [0.717, 1.165) is 25.4 Å². The van der Waals surface area contributed by atoms with Gasteiger partial charge in [-0.1, -0.05) is 6.07 Å². The summed E-state index contributed by atoms with van der Waals surface area (Å²) in [6.45, 7) is 7.14. The first-order chi connectivity index (χ1) is 10.5. The van der Waals surface area contributed by atoms with E-state index in [1.807, 2.05) is 23.1 Å². The quantitative estimate of drug-likeness (QED) is 0.858. The van der Waals surface area contributed by atoms with Crippen LogP contribution < -0.4 is 4.74 Å². The Balaban J connectivity index is 1.59. The van der Waals surface area contributed by atoms with Crippen molar-refractivity contribution in [1.29, 1.82) is 0 Å². The Morgan fingerprint density at radius 2 is 2.00 bits per heavy atom. The van der Waals surface area contributed by atoms with Gasteiger partial charge in [0.25, 0.3) is 5.91 Å². The summed E-state index contributed by atoms with van der Waals surface area (Å²) in [5.74, 6) is 1.52. The van der Waals surface area contributed by atoms with Crippen LogP contribution in [-0.2, 0) is 4.79 Å². The lowest BCUT2D eigenvalue weighted by molar-refractivity contribution is -0.133. The first-order valence-corrected chi connectivity index (χ1v) is 8.21. The Morgan fingerprint density at radius 3 is 2.73 bits per heavy atom. The van der Waals surface area contributed by atoms with Crippen molar-refractivity contribution >= 4 is 5.91 Å². The van der Waals surface area contributed by atoms with Crippen LogP contribution in [0.4, 0.5) is 0 Å². The number of likely N-dealkylation sites (N-methyl/N-ethyl adjacent to an activating group) is 1. The summed E-state index contributed by atoms with van der Waals surface area (Å²) < 4.78 is 5.71. The van der Waals surface area contributed by atoms with E-state index in [9.17, 15) is 4.79 Å². The van der Waals surface area contributed by atoms with Crippen LogP contribution in [0.2, 0.25) is 0 Å². The van der Waals surface area contributed by atoms with Crippen molar-refractivity contribution in [2.75, 3.05) is 33.3 Å². The minimum Gasteiger partial charge on any atom is -0.484 e. The van der Waals surface area contributed by atoms with Crippen LogP contribution in [0.3, 0.4) is 0 Å². The summed E-state index contributed by atoms with van der Waals surface area (Å²) in [6.07, 6.45) is 2.46. The summed E-state index contributed by atoms with van der Waals surface area (Å²) in [6, 6.07) is 6.50. The maximum absolute atomic E-state index is 12.5. The number of fused-ring (bicyclic) bond motifs is 4. The third kappa shape index (κ3) is 3.27. The predicted octanol–water partition coefficient (Wildman–Crippen LogP) is 2.23. The molecule has 0 unspecified atom stereocenters. The van der Waals surface area contributed by atoms with Gasteiger partial charge in [-0.15, -0.1) is 0 Å². The fourth-order valence-electron chi connectivity index (χ4n) is 3.56. The van der Waals surface area contributed by atoms with Crippen molar-refractivity contribution in [2.24, 2.45) is 5.92 Å². The third-order valence-corrected chi connectivity index (χ3v) is 5.18. The number of nitrogens with zero attached hydrogens (tertiary/aromatic N) is 2. The van der Waals surface area contributed by atoms with Crippen LogP contribution in [-0.4, -0.2) is 55.0 Å². The Hall–Kier alpha value is -1.55. The molecule has 0 aromatic heterocycles. The second-order valence-corrected chi connectivity index (χ2v) is 6.87. The van der Waals surface area contributed by atoms with Gasteiger partial charge in [-0.2, -0.15) is 0 Å². The zero-order chi connectivity index (χ0) is 15.7. The Bertz CT molecular complexity index is 558. The lowest BCUT2D eigenvalue weighted by atomic mass is 9.96. The van der Waals surface area contributed by atoms with Crippen molar-refractivity contribution < 1.29 is 9.53 Å². The zero-order valence-corrected chi connectivity index (χ0v) is 13.8. The number of rotatable bonds is 3. The zero-order valence-electron chi connectivity index (χ0n) is 13.8. The minimum absolute atomic E-state index is 0.116. The number of ether oxygens (including phenoxy) is 1. The highest BCUT2D eigenvalue weighted by atomic mass is 16.5. The lowest BCUT2D eigenvalue weighted by Gasteiger charge is -2.32. The maximum Gasteiger partial charge on any atom is 0.260 e. The van der Waals surface area contributed by atoms with Gasteiger partial charge in [-0.25, -0.2) is 0 Å². The Kier molecular flexibility index (Phi) is 4.39. The molecule has 4 nitrogen and oxygen atoms in total. The van der Waals surface area contributed by atoms with Crippen LogP contribution in [0.1, 0.15) is 24.0 Å². The molecule has 3 aliphatic rings. The monoisotopic (exact) mass is 302 g/mol. The molecule has 1 amide bonds. The molecule has 0 saturated carbocycles. The second kappa shape index (κ2) is 6.29. The fraction of sp³-hybridized carbons (Fsp3) is 0.611. The molecule has 0 N–H and O–H groups in total. The fourth-order valence-corrected chi connectivity index (χ4v) is 3.56. The van der Waals surface area contributed by atoms with Crippen molar-refractivity contribution in [3.8, 4) is 5.75 Å². The number of hydrogen-bond acceptors (Lipinski definition) is 3. The van der Waals surface area contributed by atoms with Crippen molar-refractivity contribution in [1.82, 2.24) is 9.80 Å². The minimum atomic E-state index is 0.116.